The number of aliphatic carboxylic acids is 1. The summed E-state index contributed by atoms with van der Waals surface area (Å²) in [5.41, 5.74) is 1.79. The van der Waals surface area contributed by atoms with Gasteiger partial charge in [0.15, 0.2) is 0 Å². The molecule has 0 spiro atoms. The van der Waals surface area contributed by atoms with E-state index in [9.17, 15) is 9.18 Å². The summed E-state index contributed by atoms with van der Waals surface area (Å²) in [5, 5.41) is 12.7. The quantitative estimate of drug-likeness (QED) is 0.695. The Bertz CT molecular complexity index is 667. The van der Waals surface area contributed by atoms with Gasteiger partial charge in [0.05, 0.1) is 6.54 Å². The molecule has 1 aromatic rings. The predicted octanol–water partition coefficient (Wildman–Crippen LogP) is 2.84. The summed E-state index contributed by atoms with van der Waals surface area (Å²) in [6, 6.07) is 6.06. The maximum atomic E-state index is 14.4. The van der Waals surface area contributed by atoms with E-state index in [1.54, 1.807) is 12.1 Å². The highest BCUT2D eigenvalue weighted by atomic mass is 19.1. The number of rotatable bonds is 9. The van der Waals surface area contributed by atoms with Crippen molar-refractivity contribution in [3.63, 3.8) is 0 Å². The van der Waals surface area contributed by atoms with Gasteiger partial charge in [-0.25, -0.2) is 4.39 Å². The van der Waals surface area contributed by atoms with Crippen LogP contribution in [0, 0.1) is 11.7 Å². The summed E-state index contributed by atoms with van der Waals surface area (Å²) in [6.45, 7) is 3.61. The molecule has 0 aromatic heterocycles. The lowest BCUT2D eigenvalue weighted by molar-refractivity contribution is -0.139. The molecule has 1 aromatic carbocycles. The van der Waals surface area contributed by atoms with Crippen LogP contribution in [0.15, 0.2) is 18.2 Å². The summed E-state index contributed by atoms with van der Waals surface area (Å²) in [6.07, 6.45) is 6.72. The first-order chi connectivity index (χ1) is 13.1. The van der Waals surface area contributed by atoms with Crippen LogP contribution in [0.25, 0.3) is 0 Å². The van der Waals surface area contributed by atoms with E-state index in [4.69, 9.17) is 5.11 Å². The summed E-state index contributed by atoms with van der Waals surface area (Å²) < 4.78 is 14.4. The van der Waals surface area contributed by atoms with Crippen molar-refractivity contribution >= 4 is 11.7 Å². The zero-order valence-electron chi connectivity index (χ0n) is 15.9. The Balaban J connectivity index is 1.31. The van der Waals surface area contributed by atoms with Crippen molar-refractivity contribution in [3.05, 3.63) is 29.6 Å². The number of anilines is 1. The largest absolute Gasteiger partial charge is 0.480 e. The molecule has 0 amide bonds. The topological polar surface area (TPSA) is 55.8 Å². The average molecular weight is 375 g/mol. The molecule has 5 nitrogen and oxygen atoms in total. The van der Waals surface area contributed by atoms with Crippen molar-refractivity contribution in [2.75, 3.05) is 31.1 Å². The van der Waals surface area contributed by atoms with E-state index in [1.165, 1.54) is 25.7 Å². The van der Waals surface area contributed by atoms with Gasteiger partial charge in [0, 0.05) is 49.5 Å². The van der Waals surface area contributed by atoms with Crippen LogP contribution in [0.1, 0.15) is 44.1 Å². The molecular formula is C21H30FN3O2. The van der Waals surface area contributed by atoms with Crippen molar-refractivity contribution < 1.29 is 14.3 Å². The lowest BCUT2D eigenvalue weighted by Gasteiger charge is -2.43. The monoisotopic (exact) mass is 375 g/mol. The van der Waals surface area contributed by atoms with Gasteiger partial charge in [-0.1, -0.05) is 6.07 Å². The van der Waals surface area contributed by atoms with Crippen molar-refractivity contribution in [3.8, 4) is 0 Å². The lowest BCUT2D eigenvalue weighted by atomic mass is 9.85. The van der Waals surface area contributed by atoms with Gasteiger partial charge in [-0.2, -0.15) is 0 Å². The van der Waals surface area contributed by atoms with Gasteiger partial charge < -0.3 is 15.3 Å². The van der Waals surface area contributed by atoms with Crippen LogP contribution in [0.5, 0.6) is 0 Å². The third kappa shape index (κ3) is 4.61. The normalized spacial score (nSPS) is 25.0. The van der Waals surface area contributed by atoms with Gasteiger partial charge in [0.2, 0.25) is 0 Å². The van der Waals surface area contributed by atoms with E-state index in [0.717, 1.165) is 43.7 Å². The number of carboxylic acid groups (broad SMARTS) is 1. The number of hydrogen-bond donors (Lipinski definition) is 2. The highest BCUT2D eigenvalue weighted by Gasteiger charge is 2.37. The highest BCUT2D eigenvalue weighted by Crippen LogP contribution is 2.34. The SMILES string of the molecule is O=C(O)CN(CC1CC1)C1CC(NCc2c(F)cccc2N2CCCC2)C1. The fourth-order valence-corrected chi connectivity index (χ4v) is 4.42. The Morgan fingerprint density at radius 2 is 2.00 bits per heavy atom. The van der Waals surface area contributed by atoms with Crippen LogP contribution >= 0.6 is 0 Å². The Morgan fingerprint density at radius 1 is 1.26 bits per heavy atom. The van der Waals surface area contributed by atoms with E-state index >= 15 is 0 Å². The second-order valence-corrected chi connectivity index (χ2v) is 8.40. The standard InChI is InChI=1S/C21H30FN3O2/c22-19-4-3-5-20(24-8-1-2-9-24)18(19)12-23-16-10-17(11-16)25(14-21(26)27)13-15-6-7-15/h3-5,15-17,23H,1-2,6-14H2,(H,26,27). The molecule has 1 saturated heterocycles. The van der Waals surface area contributed by atoms with Crippen molar-refractivity contribution in [1.29, 1.82) is 0 Å². The second kappa shape index (κ2) is 8.15. The molecule has 0 bridgehead atoms. The third-order valence-corrected chi connectivity index (χ3v) is 6.27. The first kappa shape index (κ1) is 18.7. The molecule has 0 unspecified atom stereocenters. The lowest BCUT2D eigenvalue weighted by Crippen LogP contribution is -2.54. The van der Waals surface area contributed by atoms with E-state index in [2.05, 4.69) is 15.1 Å². The Hall–Kier alpha value is -1.66. The fourth-order valence-electron chi connectivity index (χ4n) is 4.42. The van der Waals surface area contributed by atoms with E-state index in [1.807, 2.05) is 6.07 Å². The number of nitrogens with one attached hydrogen (secondary N) is 1. The maximum Gasteiger partial charge on any atom is 0.317 e. The highest BCUT2D eigenvalue weighted by molar-refractivity contribution is 5.69. The van der Waals surface area contributed by atoms with Crippen molar-refractivity contribution in [2.24, 2.45) is 5.92 Å². The Labute approximate surface area is 160 Å². The third-order valence-electron chi connectivity index (χ3n) is 6.27. The molecule has 2 aliphatic carbocycles. The number of halogens is 1. The number of benzene rings is 1. The molecule has 0 atom stereocenters. The second-order valence-electron chi connectivity index (χ2n) is 8.40. The first-order valence-corrected chi connectivity index (χ1v) is 10.3. The van der Waals surface area contributed by atoms with Crippen LogP contribution in [0.3, 0.4) is 0 Å². The molecule has 1 heterocycles. The van der Waals surface area contributed by atoms with E-state index < -0.39 is 5.97 Å². The molecule has 4 rings (SSSR count). The smallest absolute Gasteiger partial charge is 0.317 e. The fraction of sp³-hybridized carbons (Fsp3) is 0.667. The number of carbonyl (C=O) groups is 1. The minimum absolute atomic E-state index is 0.135. The van der Waals surface area contributed by atoms with Gasteiger partial charge in [-0.3, -0.25) is 9.69 Å². The van der Waals surface area contributed by atoms with Crippen LogP contribution in [-0.4, -0.2) is 54.2 Å². The van der Waals surface area contributed by atoms with Crippen LogP contribution in [0.4, 0.5) is 10.1 Å². The van der Waals surface area contributed by atoms with Crippen molar-refractivity contribution in [1.82, 2.24) is 10.2 Å². The number of hydrogen-bond acceptors (Lipinski definition) is 4. The van der Waals surface area contributed by atoms with Crippen LogP contribution in [0.2, 0.25) is 0 Å². The van der Waals surface area contributed by atoms with Gasteiger partial charge in [-0.15, -0.1) is 0 Å². The minimum Gasteiger partial charge on any atom is -0.480 e. The zero-order chi connectivity index (χ0) is 18.8. The number of nitrogens with zero attached hydrogens (tertiary/aromatic N) is 2. The maximum absolute atomic E-state index is 14.4. The minimum atomic E-state index is -0.742. The van der Waals surface area contributed by atoms with Gasteiger partial charge in [0.1, 0.15) is 5.82 Å². The van der Waals surface area contributed by atoms with Crippen LogP contribution < -0.4 is 10.2 Å². The molecule has 2 N–H and O–H groups in total. The predicted molar refractivity (Wildman–Crippen MR) is 103 cm³/mol. The van der Waals surface area contributed by atoms with Crippen molar-refractivity contribution in [2.45, 2.75) is 57.2 Å². The summed E-state index contributed by atoms with van der Waals surface area (Å²) in [4.78, 5) is 15.6. The first-order valence-electron chi connectivity index (χ1n) is 10.3. The number of carboxylic acids is 1. The average Bonchev–Trinajstić information content (AvgIpc) is 3.23. The van der Waals surface area contributed by atoms with Crippen LogP contribution in [-0.2, 0) is 11.3 Å². The summed E-state index contributed by atoms with van der Waals surface area (Å²) in [7, 11) is 0. The molecule has 27 heavy (non-hydrogen) atoms. The Morgan fingerprint density at radius 3 is 2.67 bits per heavy atom. The molecule has 0 radical (unpaired) electrons. The molecule has 148 valence electrons. The molecule has 1 aliphatic heterocycles. The van der Waals surface area contributed by atoms with E-state index in [-0.39, 0.29) is 12.4 Å². The summed E-state index contributed by atoms with van der Waals surface area (Å²) in [5.74, 6) is -0.185. The summed E-state index contributed by atoms with van der Waals surface area (Å²) >= 11 is 0. The van der Waals surface area contributed by atoms with Gasteiger partial charge in [-0.05, 0) is 56.6 Å². The van der Waals surface area contributed by atoms with E-state index in [0.29, 0.717) is 24.5 Å². The van der Waals surface area contributed by atoms with Gasteiger partial charge in [0.25, 0.3) is 0 Å². The Kier molecular flexibility index (Phi) is 5.64. The molecule has 3 fully saturated rings. The molecule has 2 saturated carbocycles. The molecular weight excluding hydrogens is 345 g/mol. The molecule has 3 aliphatic rings. The molecule has 6 heteroatoms. The zero-order valence-corrected chi connectivity index (χ0v) is 15.9. The van der Waals surface area contributed by atoms with Gasteiger partial charge >= 0.3 is 5.97 Å².